The molecule has 1 fully saturated rings. The second-order valence-electron chi connectivity index (χ2n) is 2.65. The molecule has 1 saturated carbocycles. The van der Waals surface area contributed by atoms with E-state index in [1.54, 1.807) is 11.8 Å². The summed E-state index contributed by atoms with van der Waals surface area (Å²) in [5, 5.41) is 8.71. The summed E-state index contributed by atoms with van der Waals surface area (Å²) in [7, 11) is 0. The molecular weight excluding hydrogens is 148 g/mol. The third kappa shape index (κ3) is 1.45. The van der Waals surface area contributed by atoms with E-state index in [0.717, 1.165) is 25.0 Å². The number of hydrogen-bond donors (Lipinski definition) is 1. The van der Waals surface area contributed by atoms with Crippen LogP contribution in [0.3, 0.4) is 0 Å². The minimum atomic E-state index is -0.619. The van der Waals surface area contributed by atoms with Crippen LogP contribution in [0.2, 0.25) is 0 Å². The molecule has 3 heteroatoms. The molecule has 0 bridgehead atoms. The maximum Gasteiger partial charge on any atom is 0.319 e. The second-order valence-corrected chi connectivity index (χ2v) is 4.13. The van der Waals surface area contributed by atoms with E-state index in [-0.39, 0.29) is 4.75 Å². The van der Waals surface area contributed by atoms with Crippen LogP contribution < -0.4 is 0 Å². The molecular formula is C7H12O2S. The minimum absolute atomic E-state index is 0.365. The van der Waals surface area contributed by atoms with Crippen LogP contribution >= 0.6 is 11.8 Å². The van der Waals surface area contributed by atoms with Crippen molar-refractivity contribution < 1.29 is 9.90 Å². The molecule has 1 aliphatic carbocycles. The molecule has 0 unspecified atom stereocenters. The van der Waals surface area contributed by atoms with E-state index in [4.69, 9.17) is 5.11 Å². The predicted octanol–water partition coefficient (Wildman–Crippen LogP) is 1.75. The van der Waals surface area contributed by atoms with Crippen LogP contribution in [0.4, 0.5) is 0 Å². The second kappa shape index (κ2) is 2.82. The van der Waals surface area contributed by atoms with Crippen LogP contribution in [0.25, 0.3) is 0 Å². The Kier molecular flexibility index (Phi) is 2.24. The summed E-state index contributed by atoms with van der Waals surface area (Å²) in [5.41, 5.74) is 0. The molecule has 2 nitrogen and oxygen atoms in total. The van der Waals surface area contributed by atoms with Gasteiger partial charge in [0, 0.05) is 0 Å². The average Bonchev–Trinajstić information content (AvgIpc) is 2.64. The van der Waals surface area contributed by atoms with E-state index in [0.29, 0.717) is 0 Å². The fourth-order valence-electron chi connectivity index (χ4n) is 0.831. The van der Waals surface area contributed by atoms with Crippen molar-refractivity contribution in [1.29, 1.82) is 0 Å². The summed E-state index contributed by atoms with van der Waals surface area (Å²) in [6.45, 7) is 2.07. The van der Waals surface area contributed by atoms with Crippen molar-refractivity contribution in [3.8, 4) is 0 Å². The van der Waals surface area contributed by atoms with Crippen LogP contribution in [0.1, 0.15) is 26.2 Å². The van der Waals surface area contributed by atoms with Gasteiger partial charge in [-0.25, -0.2) is 0 Å². The molecule has 10 heavy (non-hydrogen) atoms. The van der Waals surface area contributed by atoms with Crippen LogP contribution in [0.15, 0.2) is 0 Å². The first kappa shape index (κ1) is 7.92. The SMILES string of the molecule is CCCSC1(C(=O)O)CC1. The van der Waals surface area contributed by atoms with Gasteiger partial charge in [-0.3, -0.25) is 4.79 Å². The maximum atomic E-state index is 10.6. The van der Waals surface area contributed by atoms with Crippen molar-refractivity contribution in [2.24, 2.45) is 0 Å². The molecule has 1 rings (SSSR count). The van der Waals surface area contributed by atoms with Crippen LogP contribution in [0.5, 0.6) is 0 Å². The number of rotatable bonds is 4. The van der Waals surface area contributed by atoms with Gasteiger partial charge in [-0.15, -0.1) is 11.8 Å². The van der Waals surface area contributed by atoms with Crippen LogP contribution in [-0.2, 0) is 4.79 Å². The number of carboxylic acid groups (broad SMARTS) is 1. The highest BCUT2D eigenvalue weighted by atomic mass is 32.2. The molecule has 0 heterocycles. The van der Waals surface area contributed by atoms with E-state index in [9.17, 15) is 4.79 Å². The molecule has 0 aromatic carbocycles. The number of aliphatic carboxylic acids is 1. The summed E-state index contributed by atoms with van der Waals surface area (Å²) < 4.78 is -0.365. The first-order chi connectivity index (χ1) is 4.71. The highest BCUT2D eigenvalue weighted by Crippen LogP contribution is 2.48. The Morgan fingerprint density at radius 3 is 2.60 bits per heavy atom. The van der Waals surface area contributed by atoms with Gasteiger partial charge in [-0.05, 0) is 25.0 Å². The Labute approximate surface area is 65.0 Å². The number of carboxylic acids is 1. The lowest BCUT2D eigenvalue weighted by atomic mass is 10.4. The topological polar surface area (TPSA) is 37.3 Å². The molecule has 0 saturated heterocycles. The highest BCUT2D eigenvalue weighted by molar-refractivity contribution is 8.01. The lowest BCUT2D eigenvalue weighted by molar-refractivity contribution is -0.137. The van der Waals surface area contributed by atoms with Gasteiger partial charge in [0.05, 0.1) is 0 Å². The minimum Gasteiger partial charge on any atom is -0.480 e. The van der Waals surface area contributed by atoms with Gasteiger partial charge in [-0.2, -0.15) is 0 Å². The van der Waals surface area contributed by atoms with Crippen molar-refractivity contribution in [2.75, 3.05) is 5.75 Å². The lowest BCUT2D eigenvalue weighted by Crippen LogP contribution is -2.17. The molecule has 1 aliphatic rings. The predicted molar refractivity (Wildman–Crippen MR) is 42.3 cm³/mol. The molecule has 0 atom stereocenters. The van der Waals surface area contributed by atoms with Crippen molar-refractivity contribution in [3.63, 3.8) is 0 Å². The van der Waals surface area contributed by atoms with E-state index in [1.165, 1.54) is 0 Å². The van der Waals surface area contributed by atoms with Crippen molar-refractivity contribution in [3.05, 3.63) is 0 Å². The molecule has 0 aliphatic heterocycles. The van der Waals surface area contributed by atoms with Gasteiger partial charge in [0.2, 0.25) is 0 Å². The molecule has 0 radical (unpaired) electrons. The normalized spacial score (nSPS) is 20.5. The van der Waals surface area contributed by atoms with E-state index in [1.807, 2.05) is 0 Å². The lowest BCUT2D eigenvalue weighted by Gasteiger charge is -2.06. The van der Waals surface area contributed by atoms with E-state index >= 15 is 0 Å². The van der Waals surface area contributed by atoms with Gasteiger partial charge in [0.1, 0.15) is 4.75 Å². The third-order valence-electron chi connectivity index (χ3n) is 1.68. The van der Waals surface area contributed by atoms with E-state index < -0.39 is 5.97 Å². The van der Waals surface area contributed by atoms with Gasteiger partial charge < -0.3 is 5.11 Å². The molecule has 58 valence electrons. The Morgan fingerprint density at radius 2 is 2.30 bits per heavy atom. The van der Waals surface area contributed by atoms with Crippen molar-refractivity contribution in [1.82, 2.24) is 0 Å². The maximum absolute atomic E-state index is 10.6. The largest absolute Gasteiger partial charge is 0.480 e. The number of carbonyl (C=O) groups is 1. The smallest absolute Gasteiger partial charge is 0.319 e. The quantitative estimate of drug-likeness (QED) is 0.680. The molecule has 0 amide bonds. The first-order valence-electron chi connectivity index (χ1n) is 3.58. The van der Waals surface area contributed by atoms with Gasteiger partial charge >= 0.3 is 5.97 Å². The fraction of sp³-hybridized carbons (Fsp3) is 0.857. The summed E-state index contributed by atoms with van der Waals surface area (Å²) in [6.07, 6.45) is 2.81. The van der Waals surface area contributed by atoms with Gasteiger partial charge in [0.15, 0.2) is 0 Å². The van der Waals surface area contributed by atoms with Crippen molar-refractivity contribution >= 4 is 17.7 Å². The zero-order valence-corrected chi connectivity index (χ0v) is 6.91. The monoisotopic (exact) mass is 160 g/mol. The Morgan fingerprint density at radius 1 is 1.70 bits per heavy atom. The Balaban J connectivity index is 2.31. The highest BCUT2D eigenvalue weighted by Gasteiger charge is 2.50. The van der Waals surface area contributed by atoms with Gasteiger partial charge in [-0.1, -0.05) is 6.92 Å². The average molecular weight is 160 g/mol. The van der Waals surface area contributed by atoms with Crippen molar-refractivity contribution in [2.45, 2.75) is 30.9 Å². The summed E-state index contributed by atoms with van der Waals surface area (Å²) in [4.78, 5) is 10.6. The summed E-state index contributed by atoms with van der Waals surface area (Å²) in [6, 6.07) is 0. The van der Waals surface area contributed by atoms with Gasteiger partial charge in [0.25, 0.3) is 0 Å². The summed E-state index contributed by atoms with van der Waals surface area (Å²) >= 11 is 1.60. The van der Waals surface area contributed by atoms with Crippen LogP contribution in [-0.4, -0.2) is 21.6 Å². The van der Waals surface area contributed by atoms with Crippen LogP contribution in [0, 0.1) is 0 Å². The molecule has 0 aromatic rings. The first-order valence-corrected chi connectivity index (χ1v) is 4.57. The summed E-state index contributed by atoms with van der Waals surface area (Å²) in [5.74, 6) is 0.359. The standard InChI is InChI=1S/C7H12O2S/c1-2-5-10-7(3-4-7)6(8)9/h2-5H2,1H3,(H,8,9). The fourth-order valence-corrected chi connectivity index (χ4v) is 1.94. The molecule has 0 aromatic heterocycles. The zero-order chi connectivity index (χ0) is 7.61. The number of hydrogen-bond acceptors (Lipinski definition) is 2. The Hall–Kier alpha value is -0.180. The number of thioether (sulfide) groups is 1. The Bertz CT molecular complexity index is 141. The molecule has 0 spiro atoms. The molecule has 1 N–H and O–H groups in total. The zero-order valence-electron chi connectivity index (χ0n) is 6.09. The third-order valence-corrected chi connectivity index (χ3v) is 3.42. The van der Waals surface area contributed by atoms with E-state index in [2.05, 4.69) is 6.92 Å².